The van der Waals surface area contributed by atoms with Gasteiger partial charge in [0.1, 0.15) is 0 Å². The van der Waals surface area contributed by atoms with Crippen molar-refractivity contribution >= 4 is 11.6 Å². The highest BCUT2D eigenvalue weighted by atomic mass is 35.5. The first-order chi connectivity index (χ1) is 7.67. The highest BCUT2D eigenvalue weighted by Gasteiger charge is 2.31. The van der Waals surface area contributed by atoms with E-state index in [0.717, 1.165) is 29.5 Å². The lowest BCUT2D eigenvalue weighted by molar-refractivity contribution is 0.485. The zero-order valence-corrected chi connectivity index (χ0v) is 11.0. The van der Waals surface area contributed by atoms with Crippen molar-refractivity contribution in [1.29, 1.82) is 0 Å². The highest BCUT2D eigenvalue weighted by Crippen LogP contribution is 2.35. The van der Waals surface area contributed by atoms with Gasteiger partial charge in [-0.1, -0.05) is 18.5 Å². The molecule has 1 N–H and O–H groups in total. The summed E-state index contributed by atoms with van der Waals surface area (Å²) in [6, 6.07) is 0.553. The van der Waals surface area contributed by atoms with Gasteiger partial charge in [-0.15, -0.1) is 0 Å². The zero-order chi connectivity index (χ0) is 11.7. The molecule has 1 heterocycles. The van der Waals surface area contributed by atoms with E-state index in [0.29, 0.717) is 6.04 Å². The second kappa shape index (κ2) is 4.76. The lowest BCUT2D eigenvalue weighted by Crippen LogP contribution is -2.30. The van der Waals surface area contributed by atoms with Crippen LogP contribution in [0.5, 0.6) is 0 Å². The Hall–Kier alpha value is -0.540. The third kappa shape index (κ3) is 2.25. The van der Waals surface area contributed by atoms with Gasteiger partial charge in [0, 0.05) is 19.5 Å². The number of nitrogens with zero attached hydrogens (tertiary/aromatic N) is 2. The predicted octanol–water partition coefficient (Wildman–Crippen LogP) is 2.18. The molecule has 1 unspecified atom stereocenters. The molecule has 1 fully saturated rings. The Morgan fingerprint density at radius 2 is 2.25 bits per heavy atom. The highest BCUT2D eigenvalue weighted by molar-refractivity contribution is 6.31. The van der Waals surface area contributed by atoms with Gasteiger partial charge in [-0.3, -0.25) is 4.68 Å². The standard InChI is InChI=1S/C12H20ClN3/c1-4-9-12(13)11(16(3)15-9)7-10(14-2)8-5-6-8/h8,10,14H,4-7H2,1-3H3. The molecular formula is C12H20ClN3. The van der Waals surface area contributed by atoms with Gasteiger partial charge < -0.3 is 5.32 Å². The molecule has 0 aliphatic heterocycles. The number of halogens is 1. The van der Waals surface area contributed by atoms with Gasteiger partial charge in [-0.2, -0.15) is 5.10 Å². The van der Waals surface area contributed by atoms with Gasteiger partial charge in [-0.05, 0) is 32.2 Å². The molecule has 0 saturated heterocycles. The monoisotopic (exact) mass is 241 g/mol. The first kappa shape index (κ1) is 11.9. The largest absolute Gasteiger partial charge is 0.316 e. The van der Waals surface area contributed by atoms with E-state index in [1.165, 1.54) is 18.5 Å². The number of hydrogen-bond acceptors (Lipinski definition) is 2. The average Bonchev–Trinajstić information content (AvgIpc) is 3.06. The van der Waals surface area contributed by atoms with E-state index in [-0.39, 0.29) is 0 Å². The molecule has 1 aromatic rings. The molecule has 0 bridgehead atoms. The Kier molecular flexibility index (Phi) is 3.55. The van der Waals surface area contributed by atoms with Crippen LogP contribution in [0.25, 0.3) is 0 Å². The van der Waals surface area contributed by atoms with Gasteiger partial charge >= 0.3 is 0 Å². The van der Waals surface area contributed by atoms with Crippen molar-refractivity contribution in [2.75, 3.05) is 7.05 Å². The normalized spacial score (nSPS) is 17.8. The van der Waals surface area contributed by atoms with Gasteiger partial charge in [-0.25, -0.2) is 0 Å². The van der Waals surface area contributed by atoms with E-state index in [9.17, 15) is 0 Å². The van der Waals surface area contributed by atoms with E-state index in [1.807, 2.05) is 18.8 Å². The molecule has 1 aliphatic carbocycles. The molecule has 16 heavy (non-hydrogen) atoms. The third-order valence-corrected chi connectivity index (χ3v) is 3.91. The third-order valence-electron chi connectivity index (χ3n) is 3.48. The molecule has 90 valence electrons. The van der Waals surface area contributed by atoms with Gasteiger partial charge in [0.15, 0.2) is 0 Å². The smallest absolute Gasteiger partial charge is 0.0850 e. The van der Waals surface area contributed by atoms with E-state index in [1.54, 1.807) is 0 Å². The minimum Gasteiger partial charge on any atom is -0.316 e. The van der Waals surface area contributed by atoms with Crippen molar-refractivity contribution in [3.63, 3.8) is 0 Å². The molecule has 1 aliphatic rings. The molecule has 0 amide bonds. The van der Waals surface area contributed by atoms with Gasteiger partial charge in [0.2, 0.25) is 0 Å². The van der Waals surface area contributed by atoms with Crippen LogP contribution in [-0.4, -0.2) is 22.9 Å². The molecular weight excluding hydrogens is 222 g/mol. The first-order valence-electron chi connectivity index (χ1n) is 6.04. The summed E-state index contributed by atoms with van der Waals surface area (Å²) in [5.74, 6) is 0.834. The number of likely N-dealkylation sites (N-methyl/N-ethyl adjacent to an activating group) is 1. The number of aryl methyl sites for hydroxylation is 2. The SMILES string of the molecule is CCc1nn(C)c(CC(NC)C2CC2)c1Cl. The van der Waals surface area contributed by atoms with Crippen molar-refractivity contribution in [1.82, 2.24) is 15.1 Å². The molecule has 2 rings (SSSR count). The molecule has 0 spiro atoms. The van der Waals surface area contributed by atoms with Crippen molar-refractivity contribution in [2.24, 2.45) is 13.0 Å². The molecule has 1 saturated carbocycles. The second-order valence-electron chi connectivity index (χ2n) is 4.62. The van der Waals surface area contributed by atoms with Crippen LogP contribution in [0, 0.1) is 5.92 Å². The summed E-state index contributed by atoms with van der Waals surface area (Å²) >= 11 is 6.34. The maximum Gasteiger partial charge on any atom is 0.0850 e. The molecule has 3 nitrogen and oxygen atoms in total. The lowest BCUT2D eigenvalue weighted by atomic mass is 10.1. The van der Waals surface area contributed by atoms with Gasteiger partial charge in [0.05, 0.1) is 16.4 Å². The molecule has 0 radical (unpaired) electrons. The zero-order valence-electron chi connectivity index (χ0n) is 10.3. The van der Waals surface area contributed by atoms with Crippen molar-refractivity contribution in [3.8, 4) is 0 Å². The predicted molar refractivity (Wildman–Crippen MR) is 66.9 cm³/mol. The maximum atomic E-state index is 6.34. The van der Waals surface area contributed by atoms with Crippen LogP contribution in [0.2, 0.25) is 5.02 Å². The van der Waals surface area contributed by atoms with Crippen LogP contribution in [0.4, 0.5) is 0 Å². The number of rotatable bonds is 5. The summed E-state index contributed by atoms with van der Waals surface area (Å²) in [6.07, 6.45) is 4.59. The summed E-state index contributed by atoms with van der Waals surface area (Å²) in [5, 5.41) is 8.71. The average molecular weight is 242 g/mol. The minimum absolute atomic E-state index is 0.553. The summed E-state index contributed by atoms with van der Waals surface area (Å²) in [6.45, 7) is 2.09. The summed E-state index contributed by atoms with van der Waals surface area (Å²) in [4.78, 5) is 0. The van der Waals surface area contributed by atoms with Gasteiger partial charge in [0.25, 0.3) is 0 Å². The lowest BCUT2D eigenvalue weighted by Gasteiger charge is -2.15. The minimum atomic E-state index is 0.553. The quantitative estimate of drug-likeness (QED) is 0.857. The van der Waals surface area contributed by atoms with Crippen molar-refractivity contribution in [3.05, 3.63) is 16.4 Å². The second-order valence-corrected chi connectivity index (χ2v) is 5.00. The molecule has 1 atom stereocenters. The molecule has 0 aromatic carbocycles. The Morgan fingerprint density at radius 1 is 1.56 bits per heavy atom. The number of hydrogen-bond donors (Lipinski definition) is 1. The van der Waals surface area contributed by atoms with Crippen LogP contribution in [0.1, 0.15) is 31.2 Å². The topological polar surface area (TPSA) is 29.9 Å². The fourth-order valence-corrected chi connectivity index (χ4v) is 2.62. The fraction of sp³-hybridized carbons (Fsp3) is 0.750. The first-order valence-corrected chi connectivity index (χ1v) is 6.42. The summed E-state index contributed by atoms with van der Waals surface area (Å²) in [5.41, 5.74) is 2.19. The van der Waals surface area contributed by atoms with Crippen molar-refractivity contribution in [2.45, 2.75) is 38.6 Å². The Balaban J connectivity index is 2.16. The van der Waals surface area contributed by atoms with Crippen LogP contribution < -0.4 is 5.32 Å². The Labute approximate surface area is 102 Å². The number of nitrogens with one attached hydrogen (secondary N) is 1. The van der Waals surface area contributed by atoms with E-state index >= 15 is 0 Å². The number of aromatic nitrogens is 2. The van der Waals surface area contributed by atoms with E-state index in [4.69, 9.17) is 11.6 Å². The van der Waals surface area contributed by atoms with Crippen molar-refractivity contribution < 1.29 is 0 Å². The van der Waals surface area contributed by atoms with E-state index in [2.05, 4.69) is 17.3 Å². The van der Waals surface area contributed by atoms with Crippen LogP contribution >= 0.6 is 11.6 Å². The van der Waals surface area contributed by atoms with Crippen LogP contribution in [-0.2, 0) is 19.9 Å². The molecule has 4 heteroatoms. The Bertz CT molecular complexity index is 369. The summed E-state index contributed by atoms with van der Waals surface area (Å²) in [7, 11) is 4.02. The maximum absolute atomic E-state index is 6.34. The molecule has 1 aromatic heterocycles. The van der Waals surface area contributed by atoms with E-state index < -0.39 is 0 Å². The summed E-state index contributed by atoms with van der Waals surface area (Å²) < 4.78 is 1.94. The van der Waals surface area contributed by atoms with Crippen LogP contribution in [0.15, 0.2) is 0 Å². The fourth-order valence-electron chi connectivity index (χ4n) is 2.25. The Morgan fingerprint density at radius 3 is 2.69 bits per heavy atom. The van der Waals surface area contributed by atoms with Crippen LogP contribution in [0.3, 0.4) is 0 Å².